The third-order valence-electron chi connectivity index (χ3n) is 4.24. The van der Waals surface area contributed by atoms with E-state index in [4.69, 9.17) is 11.6 Å². The monoisotopic (exact) mass is 299 g/mol. The molecule has 1 aromatic carbocycles. The number of benzene rings is 1. The first-order chi connectivity index (χ1) is 8.95. The molecule has 2 unspecified atom stereocenters. The highest BCUT2D eigenvalue weighted by Crippen LogP contribution is 2.40. The van der Waals surface area contributed by atoms with Gasteiger partial charge in [-0.05, 0) is 49.9 Å². The van der Waals surface area contributed by atoms with Gasteiger partial charge in [0.1, 0.15) is 0 Å². The Morgan fingerprint density at radius 1 is 1.11 bits per heavy atom. The summed E-state index contributed by atoms with van der Waals surface area (Å²) < 4.78 is 22.9. The number of hydrogen-bond acceptors (Lipinski definition) is 3. The molecule has 2 aliphatic rings. The van der Waals surface area contributed by atoms with Crippen molar-refractivity contribution in [3.05, 3.63) is 24.3 Å². The predicted octanol–water partition coefficient (Wildman–Crippen LogP) is 2.83. The van der Waals surface area contributed by atoms with Gasteiger partial charge < -0.3 is 4.90 Å². The number of piperidine rings is 1. The van der Waals surface area contributed by atoms with Gasteiger partial charge in [-0.3, -0.25) is 0 Å². The fourth-order valence-corrected chi connectivity index (χ4v) is 4.44. The van der Waals surface area contributed by atoms with E-state index in [2.05, 4.69) is 4.90 Å². The van der Waals surface area contributed by atoms with Gasteiger partial charge in [0.25, 0.3) is 0 Å². The van der Waals surface area contributed by atoms with Crippen LogP contribution in [0, 0.1) is 0 Å². The van der Waals surface area contributed by atoms with Crippen LogP contribution in [0.4, 0.5) is 5.69 Å². The molecule has 2 bridgehead atoms. The summed E-state index contributed by atoms with van der Waals surface area (Å²) in [6.45, 7) is 0. The smallest absolute Gasteiger partial charge is 0.175 e. The molecular formula is C14H18ClNO2S. The third-order valence-corrected chi connectivity index (χ3v) is 5.72. The molecule has 2 aliphatic heterocycles. The summed E-state index contributed by atoms with van der Waals surface area (Å²) >= 11 is 6.28. The second kappa shape index (κ2) is 4.67. The Hall–Kier alpha value is -0.740. The Bertz CT molecular complexity index is 556. The summed E-state index contributed by atoms with van der Waals surface area (Å²) in [6.07, 6.45) is 5.70. The lowest BCUT2D eigenvalue weighted by molar-refractivity contribution is 0.474. The molecule has 104 valence electrons. The van der Waals surface area contributed by atoms with E-state index in [0.717, 1.165) is 18.5 Å². The fourth-order valence-electron chi connectivity index (χ4n) is 3.40. The Labute approximate surface area is 119 Å². The minimum Gasteiger partial charge on any atom is -0.365 e. The lowest BCUT2D eigenvalue weighted by atomic mass is 10.0. The lowest BCUT2D eigenvalue weighted by Crippen LogP contribution is -2.43. The highest BCUT2D eigenvalue weighted by molar-refractivity contribution is 7.90. The molecule has 3 rings (SSSR count). The van der Waals surface area contributed by atoms with Crippen LogP contribution >= 0.6 is 11.6 Å². The van der Waals surface area contributed by atoms with Gasteiger partial charge in [0.05, 0.1) is 4.90 Å². The topological polar surface area (TPSA) is 37.4 Å². The number of anilines is 1. The van der Waals surface area contributed by atoms with E-state index in [-0.39, 0.29) is 0 Å². The van der Waals surface area contributed by atoms with Crippen LogP contribution in [0.5, 0.6) is 0 Å². The number of halogens is 1. The summed E-state index contributed by atoms with van der Waals surface area (Å²) in [7, 11) is -3.11. The van der Waals surface area contributed by atoms with Gasteiger partial charge in [0.2, 0.25) is 0 Å². The normalized spacial score (nSPS) is 30.6. The predicted molar refractivity (Wildman–Crippen MR) is 77.7 cm³/mol. The van der Waals surface area contributed by atoms with E-state index in [0.29, 0.717) is 22.4 Å². The molecular weight excluding hydrogens is 282 g/mol. The van der Waals surface area contributed by atoms with E-state index in [1.54, 1.807) is 12.1 Å². The summed E-state index contributed by atoms with van der Waals surface area (Å²) in [5.74, 6) is 0. The first-order valence-electron chi connectivity index (χ1n) is 6.67. The van der Waals surface area contributed by atoms with Crippen LogP contribution in [-0.4, -0.2) is 32.1 Å². The van der Waals surface area contributed by atoms with E-state index < -0.39 is 9.84 Å². The molecule has 0 aliphatic carbocycles. The maximum absolute atomic E-state index is 11.5. The SMILES string of the molecule is CS(=O)(=O)c1ccc(N2C3CCC2CC(Cl)C3)cc1. The first kappa shape index (κ1) is 13.3. The number of hydrogen-bond donors (Lipinski definition) is 0. The zero-order chi connectivity index (χ0) is 13.6. The highest BCUT2D eigenvalue weighted by Gasteiger charge is 2.40. The molecule has 0 N–H and O–H groups in total. The molecule has 0 amide bonds. The number of fused-ring (bicyclic) bond motifs is 2. The summed E-state index contributed by atoms with van der Waals surface area (Å²) in [4.78, 5) is 2.82. The van der Waals surface area contributed by atoms with Crippen molar-refractivity contribution in [3.63, 3.8) is 0 Å². The van der Waals surface area contributed by atoms with Crippen LogP contribution in [0.2, 0.25) is 0 Å². The van der Waals surface area contributed by atoms with E-state index in [9.17, 15) is 8.42 Å². The Morgan fingerprint density at radius 2 is 1.63 bits per heavy atom. The Kier molecular flexibility index (Phi) is 3.26. The quantitative estimate of drug-likeness (QED) is 0.788. The largest absolute Gasteiger partial charge is 0.365 e. The lowest BCUT2D eigenvalue weighted by Gasteiger charge is -2.38. The van der Waals surface area contributed by atoms with Crippen molar-refractivity contribution in [3.8, 4) is 0 Å². The third kappa shape index (κ3) is 2.48. The van der Waals surface area contributed by atoms with Crippen LogP contribution in [-0.2, 0) is 9.84 Å². The molecule has 2 saturated heterocycles. The zero-order valence-electron chi connectivity index (χ0n) is 10.9. The van der Waals surface area contributed by atoms with Crippen LogP contribution in [0.1, 0.15) is 25.7 Å². The van der Waals surface area contributed by atoms with Crippen molar-refractivity contribution in [1.29, 1.82) is 0 Å². The summed E-state index contributed by atoms with van der Waals surface area (Å²) in [6, 6.07) is 8.30. The van der Waals surface area contributed by atoms with E-state index >= 15 is 0 Å². The fraction of sp³-hybridized carbons (Fsp3) is 0.571. The van der Waals surface area contributed by atoms with E-state index in [1.165, 1.54) is 19.1 Å². The standard InChI is InChI=1S/C14H18ClNO2S/c1-19(17,18)14-6-4-11(5-7-14)16-12-2-3-13(16)9-10(15)8-12/h4-7,10,12-13H,2-3,8-9H2,1H3. The van der Waals surface area contributed by atoms with Crippen molar-refractivity contribution in [1.82, 2.24) is 0 Å². The molecule has 0 spiro atoms. The average Bonchev–Trinajstić information content (AvgIpc) is 2.61. The van der Waals surface area contributed by atoms with Gasteiger partial charge in [-0.1, -0.05) is 0 Å². The number of sulfone groups is 1. The van der Waals surface area contributed by atoms with Gasteiger partial charge in [-0.2, -0.15) is 0 Å². The molecule has 19 heavy (non-hydrogen) atoms. The van der Waals surface area contributed by atoms with Crippen molar-refractivity contribution in [2.24, 2.45) is 0 Å². The van der Waals surface area contributed by atoms with Crippen LogP contribution in [0.3, 0.4) is 0 Å². The number of alkyl halides is 1. The van der Waals surface area contributed by atoms with Crippen LogP contribution in [0.25, 0.3) is 0 Å². The number of rotatable bonds is 2. The van der Waals surface area contributed by atoms with Crippen LogP contribution < -0.4 is 4.90 Å². The Morgan fingerprint density at radius 3 is 2.11 bits per heavy atom. The van der Waals surface area contributed by atoms with Gasteiger partial charge in [0, 0.05) is 29.4 Å². The van der Waals surface area contributed by atoms with Gasteiger partial charge in [-0.15, -0.1) is 11.6 Å². The van der Waals surface area contributed by atoms with E-state index in [1.807, 2.05) is 12.1 Å². The average molecular weight is 300 g/mol. The van der Waals surface area contributed by atoms with Gasteiger partial charge in [-0.25, -0.2) is 8.42 Å². The summed E-state index contributed by atoms with van der Waals surface area (Å²) in [5, 5.41) is 0.295. The first-order valence-corrected chi connectivity index (χ1v) is 9.00. The molecule has 0 aromatic heterocycles. The maximum Gasteiger partial charge on any atom is 0.175 e. The van der Waals surface area contributed by atoms with Crippen molar-refractivity contribution < 1.29 is 8.42 Å². The van der Waals surface area contributed by atoms with Crippen molar-refractivity contribution in [2.45, 2.75) is 48.0 Å². The second-order valence-corrected chi connectivity index (χ2v) is 8.26. The Balaban J connectivity index is 1.88. The van der Waals surface area contributed by atoms with Gasteiger partial charge >= 0.3 is 0 Å². The maximum atomic E-state index is 11.5. The number of nitrogens with zero attached hydrogens (tertiary/aromatic N) is 1. The minimum atomic E-state index is -3.11. The van der Waals surface area contributed by atoms with Crippen molar-refractivity contribution in [2.75, 3.05) is 11.2 Å². The molecule has 3 nitrogen and oxygen atoms in total. The second-order valence-electron chi connectivity index (χ2n) is 5.63. The highest BCUT2D eigenvalue weighted by atomic mass is 35.5. The van der Waals surface area contributed by atoms with Gasteiger partial charge in [0.15, 0.2) is 9.84 Å². The van der Waals surface area contributed by atoms with Crippen LogP contribution in [0.15, 0.2) is 29.2 Å². The molecule has 2 atom stereocenters. The van der Waals surface area contributed by atoms with Crippen molar-refractivity contribution >= 4 is 27.1 Å². The molecule has 5 heteroatoms. The molecule has 2 heterocycles. The minimum absolute atomic E-state index is 0.295. The zero-order valence-corrected chi connectivity index (χ0v) is 12.5. The molecule has 0 radical (unpaired) electrons. The summed E-state index contributed by atoms with van der Waals surface area (Å²) in [5.41, 5.74) is 1.13. The molecule has 1 aromatic rings. The molecule has 0 saturated carbocycles. The molecule has 2 fully saturated rings.